The maximum Gasteiger partial charge on any atom is 0.519 e. The number of pyridine rings is 1. The summed E-state index contributed by atoms with van der Waals surface area (Å²) in [5, 5.41) is 3.33. The van der Waals surface area contributed by atoms with Crippen molar-refractivity contribution in [1.29, 1.82) is 0 Å². The molecule has 136 valence electrons. The normalized spacial score (nSPS) is 10.1. The predicted octanol–water partition coefficient (Wildman–Crippen LogP) is 4.24. The van der Waals surface area contributed by atoms with E-state index < -0.39 is 12.1 Å². The van der Waals surface area contributed by atoms with E-state index in [9.17, 15) is 9.59 Å². The Kier molecular flexibility index (Phi) is 6.02. The van der Waals surface area contributed by atoms with Gasteiger partial charge in [0.2, 0.25) is 0 Å². The van der Waals surface area contributed by atoms with Gasteiger partial charge in [-0.3, -0.25) is 4.79 Å². The summed E-state index contributed by atoms with van der Waals surface area (Å²) < 4.78 is 10.2. The average Bonchev–Trinajstić information content (AvgIpc) is 2.68. The molecule has 1 N–H and O–H groups in total. The van der Waals surface area contributed by atoms with Gasteiger partial charge >= 0.3 is 6.16 Å². The fraction of sp³-hybridized carbons (Fsp3) is 0.0500. The van der Waals surface area contributed by atoms with Crippen LogP contribution in [0.3, 0.4) is 0 Å². The lowest BCUT2D eigenvalue weighted by Crippen LogP contribution is -2.25. The molecule has 1 amide bonds. The number of nitrogens with zero attached hydrogens (tertiary/aromatic N) is 1. The Balaban J connectivity index is 1.64. The number of para-hydroxylation sites is 1. The molecule has 7 heteroatoms. The molecule has 0 radical (unpaired) electrons. The SMILES string of the molecule is O=C(Oc1ccccc1)Oc1cccnc1C(=O)NCc1ccc(Cl)cc1. The molecule has 0 spiro atoms. The van der Waals surface area contributed by atoms with E-state index in [0.29, 0.717) is 10.8 Å². The number of hydrogen-bond acceptors (Lipinski definition) is 5. The molecular formula is C20H15ClN2O4. The topological polar surface area (TPSA) is 77.5 Å². The van der Waals surface area contributed by atoms with E-state index in [1.807, 2.05) is 0 Å². The third kappa shape index (κ3) is 5.29. The maximum absolute atomic E-state index is 12.4. The van der Waals surface area contributed by atoms with E-state index in [4.69, 9.17) is 21.1 Å². The lowest BCUT2D eigenvalue weighted by atomic mass is 10.2. The van der Waals surface area contributed by atoms with Crippen LogP contribution in [-0.4, -0.2) is 17.0 Å². The average molecular weight is 383 g/mol. The minimum atomic E-state index is -0.957. The second kappa shape index (κ2) is 8.82. The third-order valence-electron chi connectivity index (χ3n) is 3.49. The molecule has 0 aliphatic rings. The number of carbonyl (C=O) groups is 2. The minimum absolute atomic E-state index is 0.00652. The number of ether oxygens (including phenoxy) is 2. The molecule has 0 aliphatic carbocycles. The highest BCUT2D eigenvalue weighted by Crippen LogP contribution is 2.18. The molecular weight excluding hydrogens is 368 g/mol. The smallest absolute Gasteiger partial charge is 0.395 e. The summed E-state index contributed by atoms with van der Waals surface area (Å²) in [6.07, 6.45) is 0.480. The standard InChI is InChI=1S/C20H15ClN2O4/c21-15-10-8-14(9-11-15)13-23-19(24)18-17(7-4-12-22-18)27-20(25)26-16-5-2-1-3-6-16/h1-12H,13H2,(H,23,24). The lowest BCUT2D eigenvalue weighted by Gasteiger charge is -2.10. The summed E-state index contributed by atoms with van der Waals surface area (Å²) in [6.45, 7) is 0.278. The van der Waals surface area contributed by atoms with Gasteiger partial charge in [0.05, 0.1) is 0 Å². The molecule has 0 atom stereocenters. The molecule has 3 rings (SSSR count). The molecule has 6 nitrogen and oxygen atoms in total. The number of nitrogens with one attached hydrogen (secondary N) is 1. The van der Waals surface area contributed by atoms with Crippen LogP contribution in [0.25, 0.3) is 0 Å². The molecule has 1 heterocycles. The summed E-state index contributed by atoms with van der Waals surface area (Å²) in [7, 11) is 0. The van der Waals surface area contributed by atoms with Gasteiger partial charge in [0.25, 0.3) is 5.91 Å². The maximum atomic E-state index is 12.4. The summed E-state index contributed by atoms with van der Waals surface area (Å²) in [5.41, 5.74) is 0.853. The third-order valence-corrected chi connectivity index (χ3v) is 3.74. The van der Waals surface area contributed by atoms with E-state index in [1.54, 1.807) is 60.7 Å². The molecule has 0 saturated heterocycles. The van der Waals surface area contributed by atoms with E-state index in [1.165, 1.54) is 12.3 Å². The molecule has 0 bridgehead atoms. The summed E-state index contributed by atoms with van der Waals surface area (Å²) in [5.74, 6) is -0.139. The summed E-state index contributed by atoms with van der Waals surface area (Å²) in [4.78, 5) is 28.4. The van der Waals surface area contributed by atoms with E-state index >= 15 is 0 Å². The molecule has 2 aromatic carbocycles. The number of halogens is 1. The molecule has 0 saturated carbocycles. The first-order chi connectivity index (χ1) is 13.1. The van der Waals surface area contributed by atoms with Gasteiger partial charge in [-0.1, -0.05) is 41.9 Å². The quantitative estimate of drug-likeness (QED) is 0.527. The molecule has 0 fully saturated rings. The van der Waals surface area contributed by atoms with Crippen molar-refractivity contribution >= 4 is 23.7 Å². The van der Waals surface area contributed by atoms with Crippen molar-refractivity contribution in [2.24, 2.45) is 0 Å². The number of rotatable bonds is 5. The van der Waals surface area contributed by atoms with Gasteiger partial charge in [-0.05, 0) is 42.0 Å². The number of benzene rings is 2. The number of aromatic nitrogens is 1. The van der Waals surface area contributed by atoms with Crippen LogP contribution in [0.5, 0.6) is 11.5 Å². The Morgan fingerprint density at radius 1 is 0.926 bits per heavy atom. The van der Waals surface area contributed by atoms with Crippen LogP contribution >= 0.6 is 11.6 Å². The minimum Gasteiger partial charge on any atom is -0.395 e. The second-order valence-corrected chi connectivity index (χ2v) is 5.86. The zero-order chi connectivity index (χ0) is 19.1. The fourth-order valence-electron chi connectivity index (χ4n) is 2.21. The van der Waals surface area contributed by atoms with Crippen molar-refractivity contribution in [2.75, 3.05) is 0 Å². The summed E-state index contributed by atoms with van der Waals surface area (Å²) >= 11 is 5.84. The van der Waals surface area contributed by atoms with Crippen LogP contribution in [0, 0.1) is 0 Å². The monoisotopic (exact) mass is 382 g/mol. The molecule has 3 aromatic rings. The van der Waals surface area contributed by atoms with Gasteiger partial charge in [-0.25, -0.2) is 9.78 Å². The first-order valence-electron chi connectivity index (χ1n) is 8.04. The van der Waals surface area contributed by atoms with Crippen LogP contribution in [0.2, 0.25) is 5.02 Å². The van der Waals surface area contributed by atoms with Crippen molar-refractivity contribution in [3.05, 3.63) is 89.2 Å². The Bertz CT molecular complexity index is 930. The molecule has 0 unspecified atom stereocenters. The predicted molar refractivity (Wildman–Crippen MR) is 100.0 cm³/mol. The van der Waals surface area contributed by atoms with Crippen LogP contribution in [0.15, 0.2) is 72.9 Å². The largest absolute Gasteiger partial charge is 0.519 e. The van der Waals surface area contributed by atoms with Crippen molar-refractivity contribution in [3.63, 3.8) is 0 Å². The molecule has 27 heavy (non-hydrogen) atoms. The van der Waals surface area contributed by atoms with Crippen LogP contribution < -0.4 is 14.8 Å². The van der Waals surface area contributed by atoms with Gasteiger partial charge in [-0.15, -0.1) is 0 Å². The van der Waals surface area contributed by atoms with E-state index in [2.05, 4.69) is 10.3 Å². The van der Waals surface area contributed by atoms with Crippen molar-refractivity contribution < 1.29 is 19.1 Å². The van der Waals surface area contributed by atoms with Gasteiger partial charge in [0.1, 0.15) is 5.75 Å². The summed E-state index contributed by atoms with van der Waals surface area (Å²) in [6, 6.07) is 18.6. The van der Waals surface area contributed by atoms with E-state index in [0.717, 1.165) is 5.56 Å². The highest BCUT2D eigenvalue weighted by molar-refractivity contribution is 6.30. The van der Waals surface area contributed by atoms with Crippen LogP contribution in [0.4, 0.5) is 4.79 Å². The first kappa shape index (κ1) is 18.4. The molecule has 0 aliphatic heterocycles. The van der Waals surface area contributed by atoms with Crippen molar-refractivity contribution in [3.8, 4) is 11.5 Å². The van der Waals surface area contributed by atoms with Gasteiger partial charge in [0.15, 0.2) is 11.4 Å². The van der Waals surface area contributed by atoms with Gasteiger partial charge in [0, 0.05) is 17.8 Å². The van der Waals surface area contributed by atoms with Crippen molar-refractivity contribution in [2.45, 2.75) is 6.54 Å². The fourth-order valence-corrected chi connectivity index (χ4v) is 2.33. The van der Waals surface area contributed by atoms with Gasteiger partial charge in [-0.2, -0.15) is 0 Å². The van der Waals surface area contributed by atoms with Crippen LogP contribution in [0.1, 0.15) is 16.1 Å². The molecule has 1 aromatic heterocycles. The van der Waals surface area contributed by atoms with Gasteiger partial charge < -0.3 is 14.8 Å². The number of carbonyl (C=O) groups excluding carboxylic acids is 2. The zero-order valence-electron chi connectivity index (χ0n) is 14.1. The number of amides is 1. The van der Waals surface area contributed by atoms with Crippen molar-refractivity contribution in [1.82, 2.24) is 10.3 Å². The Hall–Kier alpha value is -3.38. The zero-order valence-corrected chi connectivity index (χ0v) is 14.8. The highest BCUT2D eigenvalue weighted by atomic mass is 35.5. The van der Waals surface area contributed by atoms with Crippen LogP contribution in [-0.2, 0) is 6.54 Å². The highest BCUT2D eigenvalue weighted by Gasteiger charge is 2.17. The Labute approximate surface area is 160 Å². The Morgan fingerprint density at radius 2 is 1.67 bits per heavy atom. The second-order valence-electron chi connectivity index (χ2n) is 5.43. The Morgan fingerprint density at radius 3 is 2.41 bits per heavy atom. The lowest BCUT2D eigenvalue weighted by molar-refractivity contribution is 0.0941. The first-order valence-corrected chi connectivity index (χ1v) is 8.42. The van der Waals surface area contributed by atoms with E-state index in [-0.39, 0.29) is 18.0 Å². The number of hydrogen-bond donors (Lipinski definition) is 1.